The van der Waals surface area contributed by atoms with Gasteiger partial charge in [-0.05, 0) is 103 Å². The molecule has 0 spiro atoms. The van der Waals surface area contributed by atoms with Gasteiger partial charge in [0.05, 0.1) is 6.04 Å². The first-order chi connectivity index (χ1) is 19.4. The van der Waals surface area contributed by atoms with Crippen LogP contribution in [0.5, 0.6) is 0 Å². The molecule has 1 aromatic heterocycles. The second-order valence-electron chi connectivity index (χ2n) is 10.9. The number of benzene rings is 3. The molecule has 0 aliphatic carbocycles. The standard InChI is InChI=1S/C34H39ClN4O/c1-5-20-38(24(2)3)31-11-8-27-21-33(40)39(34(32(27)22-31)26-6-9-28(35)10-7-26)30-14-12-29(13-15-30)37(4)23-25-16-18-36-19-17-25/h6-19,22,24,33-34,40H,5,20-21,23H2,1-4H3. The number of aliphatic hydroxyl groups is 1. The van der Waals surface area contributed by atoms with E-state index in [0.717, 1.165) is 36.4 Å². The SMILES string of the molecule is CCCN(c1ccc2c(c1)C(c1ccc(Cl)cc1)N(c1ccc(N(C)Cc3ccncc3)cc1)C(O)C2)C(C)C. The zero-order valence-electron chi connectivity index (χ0n) is 23.8. The van der Waals surface area contributed by atoms with Crippen molar-refractivity contribution in [2.24, 2.45) is 0 Å². The maximum atomic E-state index is 11.6. The number of hydrogen-bond donors (Lipinski definition) is 1. The van der Waals surface area contributed by atoms with Crippen LogP contribution in [0.15, 0.2) is 91.3 Å². The molecule has 0 fully saturated rings. The average molecular weight is 555 g/mol. The summed E-state index contributed by atoms with van der Waals surface area (Å²) in [6.45, 7) is 8.51. The van der Waals surface area contributed by atoms with Crippen molar-refractivity contribution in [3.05, 3.63) is 119 Å². The number of rotatable bonds is 9. The minimum absolute atomic E-state index is 0.146. The Labute approximate surface area is 243 Å². The van der Waals surface area contributed by atoms with Gasteiger partial charge in [-0.3, -0.25) is 4.98 Å². The highest BCUT2D eigenvalue weighted by Gasteiger charge is 2.35. The number of halogens is 1. The summed E-state index contributed by atoms with van der Waals surface area (Å²) in [6.07, 6.45) is 4.65. The molecule has 2 atom stereocenters. The maximum Gasteiger partial charge on any atom is 0.131 e. The monoisotopic (exact) mass is 554 g/mol. The third-order valence-corrected chi connectivity index (χ3v) is 8.04. The van der Waals surface area contributed by atoms with E-state index >= 15 is 0 Å². The minimum Gasteiger partial charge on any atom is -0.373 e. The van der Waals surface area contributed by atoms with Gasteiger partial charge in [0.1, 0.15) is 6.23 Å². The Bertz CT molecular complexity index is 1390. The molecule has 1 aliphatic heterocycles. The van der Waals surface area contributed by atoms with Gasteiger partial charge < -0.3 is 19.8 Å². The number of hydrogen-bond acceptors (Lipinski definition) is 5. The van der Waals surface area contributed by atoms with Crippen LogP contribution in [0.1, 0.15) is 55.5 Å². The van der Waals surface area contributed by atoms with Crippen LogP contribution in [0.2, 0.25) is 5.02 Å². The predicted molar refractivity (Wildman–Crippen MR) is 167 cm³/mol. The van der Waals surface area contributed by atoms with Gasteiger partial charge in [0, 0.05) is 67.1 Å². The van der Waals surface area contributed by atoms with E-state index in [1.165, 1.54) is 22.4 Å². The molecule has 0 amide bonds. The summed E-state index contributed by atoms with van der Waals surface area (Å²) in [4.78, 5) is 11.0. The highest BCUT2D eigenvalue weighted by molar-refractivity contribution is 6.30. The van der Waals surface area contributed by atoms with Crippen LogP contribution in [0.25, 0.3) is 0 Å². The highest BCUT2D eigenvalue weighted by atomic mass is 35.5. The minimum atomic E-state index is -0.656. The van der Waals surface area contributed by atoms with Gasteiger partial charge in [-0.2, -0.15) is 0 Å². The van der Waals surface area contributed by atoms with Crippen molar-refractivity contribution in [1.29, 1.82) is 0 Å². The number of anilines is 3. The number of aromatic nitrogens is 1. The van der Waals surface area contributed by atoms with Gasteiger partial charge in [0.15, 0.2) is 0 Å². The summed E-state index contributed by atoms with van der Waals surface area (Å²) in [6, 6.07) is 27.6. The first kappa shape index (κ1) is 28.0. The second-order valence-corrected chi connectivity index (χ2v) is 11.4. The lowest BCUT2D eigenvalue weighted by Gasteiger charge is -2.43. The molecule has 0 saturated heterocycles. The van der Waals surface area contributed by atoms with Crippen molar-refractivity contribution in [2.75, 3.05) is 28.3 Å². The van der Waals surface area contributed by atoms with E-state index in [9.17, 15) is 5.11 Å². The smallest absolute Gasteiger partial charge is 0.131 e. The molecule has 2 heterocycles. The average Bonchev–Trinajstić information content (AvgIpc) is 2.96. The molecule has 1 aliphatic rings. The van der Waals surface area contributed by atoms with Crippen molar-refractivity contribution in [3.63, 3.8) is 0 Å². The summed E-state index contributed by atoms with van der Waals surface area (Å²) in [5.41, 5.74) is 8.05. The summed E-state index contributed by atoms with van der Waals surface area (Å²) >= 11 is 6.30. The molecule has 5 nitrogen and oxygen atoms in total. The Morgan fingerprint density at radius 1 is 0.950 bits per heavy atom. The Morgan fingerprint density at radius 3 is 2.27 bits per heavy atom. The van der Waals surface area contributed by atoms with Crippen molar-refractivity contribution in [3.8, 4) is 0 Å². The van der Waals surface area contributed by atoms with Crippen LogP contribution in [-0.2, 0) is 13.0 Å². The number of pyridine rings is 1. The van der Waals surface area contributed by atoms with E-state index in [1.807, 2.05) is 36.7 Å². The Morgan fingerprint density at radius 2 is 1.62 bits per heavy atom. The van der Waals surface area contributed by atoms with E-state index in [-0.39, 0.29) is 6.04 Å². The second kappa shape index (κ2) is 12.3. The molecule has 2 unspecified atom stereocenters. The van der Waals surface area contributed by atoms with Crippen LogP contribution >= 0.6 is 11.6 Å². The first-order valence-electron chi connectivity index (χ1n) is 14.2. The van der Waals surface area contributed by atoms with E-state index in [2.05, 4.69) is 102 Å². The summed E-state index contributed by atoms with van der Waals surface area (Å²) in [5, 5.41) is 12.3. The molecule has 0 bridgehead atoms. The van der Waals surface area contributed by atoms with Crippen molar-refractivity contribution in [2.45, 2.75) is 58.5 Å². The Balaban J connectivity index is 1.53. The molecule has 4 aromatic rings. The lowest BCUT2D eigenvalue weighted by Crippen LogP contribution is -2.44. The molecule has 5 rings (SSSR count). The van der Waals surface area contributed by atoms with E-state index in [0.29, 0.717) is 17.5 Å². The lowest BCUT2D eigenvalue weighted by molar-refractivity contribution is 0.154. The van der Waals surface area contributed by atoms with Gasteiger partial charge in [-0.1, -0.05) is 36.7 Å². The normalized spacial score (nSPS) is 16.6. The maximum absolute atomic E-state index is 11.6. The van der Waals surface area contributed by atoms with Crippen LogP contribution < -0.4 is 14.7 Å². The lowest BCUT2D eigenvalue weighted by atomic mass is 9.86. The van der Waals surface area contributed by atoms with E-state index < -0.39 is 6.23 Å². The number of nitrogens with zero attached hydrogens (tertiary/aromatic N) is 4. The quantitative estimate of drug-likeness (QED) is 0.232. The summed E-state index contributed by atoms with van der Waals surface area (Å²) < 4.78 is 0. The summed E-state index contributed by atoms with van der Waals surface area (Å²) in [5.74, 6) is 0. The molecular weight excluding hydrogens is 516 g/mol. The Hall–Kier alpha value is -3.54. The molecule has 40 heavy (non-hydrogen) atoms. The van der Waals surface area contributed by atoms with Crippen LogP contribution in [0, 0.1) is 0 Å². The molecule has 6 heteroatoms. The van der Waals surface area contributed by atoms with Crippen LogP contribution in [0.3, 0.4) is 0 Å². The molecule has 0 radical (unpaired) electrons. The van der Waals surface area contributed by atoms with E-state index in [1.54, 1.807) is 0 Å². The zero-order chi connectivity index (χ0) is 28.2. The first-order valence-corrected chi connectivity index (χ1v) is 14.5. The zero-order valence-corrected chi connectivity index (χ0v) is 24.6. The van der Waals surface area contributed by atoms with Gasteiger partial charge in [-0.15, -0.1) is 0 Å². The molecule has 3 aromatic carbocycles. The van der Waals surface area contributed by atoms with Gasteiger partial charge in [-0.25, -0.2) is 0 Å². The Kier molecular flexibility index (Phi) is 8.63. The third-order valence-electron chi connectivity index (χ3n) is 7.79. The number of fused-ring (bicyclic) bond motifs is 1. The molecule has 0 saturated carbocycles. The molecule has 208 valence electrons. The highest BCUT2D eigenvalue weighted by Crippen LogP contribution is 2.42. The van der Waals surface area contributed by atoms with Crippen molar-refractivity contribution in [1.82, 2.24) is 4.98 Å². The topological polar surface area (TPSA) is 42.8 Å². The number of aliphatic hydroxyl groups excluding tert-OH is 1. The van der Waals surface area contributed by atoms with E-state index in [4.69, 9.17) is 11.6 Å². The van der Waals surface area contributed by atoms with Crippen LogP contribution in [-0.4, -0.2) is 36.0 Å². The molecular formula is C34H39ClN4O. The van der Waals surface area contributed by atoms with Crippen molar-refractivity contribution >= 4 is 28.7 Å². The van der Waals surface area contributed by atoms with Gasteiger partial charge >= 0.3 is 0 Å². The fraction of sp³-hybridized carbons (Fsp3) is 0.324. The largest absolute Gasteiger partial charge is 0.373 e. The predicted octanol–water partition coefficient (Wildman–Crippen LogP) is 7.47. The summed E-state index contributed by atoms with van der Waals surface area (Å²) in [7, 11) is 2.09. The third kappa shape index (κ3) is 5.96. The van der Waals surface area contributed by atoms with Gasteiger partial charge in [0.25, 0.3) is 0 Å². The fourth-order valence-corrected chi connectivity index (χ4v) is 5.91. The van der Waals surface area contributed by atoms with Crippen LogP contribution in [0.4, 0.5) is 17.1 Å². The van der Waals surface area contributed by atoms with Gasteiger partial charge in [0.2, 0.25) is 0 Å². The fourth-order valence-electron chi connectivity index (χ4n) is 5.78. The molecule has 1 N–H and O–H groups in total. The van der Waals surface area contributed by atoms with Crippen molar-refractivity contribution < 1.29 is 5.11 Å².